The lowest BCUT2D eigenvalue weighted by Crippen LogP contribution is -2.42. The van der Waals surface area contributed by atoms with Gasteiger partial charge in [0, 0.05) is 38.5 Å². The van der Waals surface area contributed by atoms with Gasteiger partial charge in [0.25, 0.3) is 11.6 Å². The third-order valence-corrected chi connectivity index (χ3v) is 7.06. The highest BCUT2D eigenvalue weighted by Crippen LogP contribution is 2.37. The number of carbonyl (C=O) groups excluding carboxylic acids is 1. The zero-order chi connectivity index (χ0) is 19.7. The Morgan fingerprint density at radius 1 is 1.14 bits per heavy atom. The fourth-order valence-electron chi connectivity index (χ4n) is 3.26. The van der Waals surface area contributed by atoms with E-state index in [0.29, 0.717) is 5.56 Å². The standard InChI is InChI=1S/C20H16IN3O3S/c21-11-15-8-9-18(28-15)19-22-17-7-2-1-6-16(17)20(25)23(19)12-13-4-3-5-14(10-13)24(26)27/h1-10,19,22H,11-12H2. The molecule has 1 aliphatic heterocycles. The van der Waals surface area contributed by atoms with Crippen molar-refractivity contribution in [2.24, 2.45) is 0 Å². The van der Waals surface area contributed by atoms with Crippen molar-refractivity contribution in [1.29, 1.82) is 0 Å². The van der Waals surface area contributed by atoms with Gasteiger partial charge in [-0.2, -0.15) is 0 Å². The second-order valence-corrected chi connectivity index (χ2v) is 8.35. The van der Waals surface area contributed by atoms with E-state index in [4.69, 9.17) is 0 Å². The fourth-order valence-corrected chi connectivity index (χ4v) is 4.91. The SMILES string of the molecule is O=C1c2ccccc2NC(c2ccc(CI)s2)N1Cc1cccc([N+](=O)[O-])c1. The van der Waals surface area contributed by atoms with Crippen LogP contribution in [0.5, 0.6) is 0 Å². The number of alkyl halides is 1. The number of halogens is 1. The molecule has 28 heavy (non-hydrogen) atoms. The lowest BCUT2D eigenvalue weighted by molar-refractivity contribution is -0.384. The van der Waals surface area contributed by atoms with E-state index in [1.54, 1.807) is 28.4 Å². The van der Waals surface area contributed by atoms with Gasteiger partial charge >= 0.3 is 0 Å². The average molecular weight is 505 g/mol. The first kappa shape index (κ1) is 18.9. The summed E-state index contributed by atoms with van der Waals surface area (Å²) in [5.74, 6) is -0.0877. The predicted molar refractivity (Wildman–Crippen MR) is 118 cm³/mol. The van der Waals surface area contributed by atoms with Gasteiger partial charge < -0.3 is 10.2 Å². The Labute approximate surface area is 179 Å². The first-order valence-electron chi connectivity index (χ1n) is 8.61. The van der Waals surface area contributed by atoms with Crippen molar-refractivity contribution in [1.82, 2.24) is 4.90 Å². The van der Waals surface area contributed by atoms with Gasteiger partial charge in [-0.3, -0.25) is 14.9 Å². The van der Waals surface area contributed by atoms with E-state index in [2.05, 4.69) is 34.0 Å². The summed E-state index contributed by atoms with van der Waals surface area (Å²) in [6.07, 6.45) is -0.316. The second-order valence-electron chi connectivity index (χ2n) is 6.39. The quantitative estimate of drug-likeness (QED) is 0.219. The van der Waals surface area contributed by atoms with Crippen molar-refractivity contribution in [3.05, 3.63) is 91.7 Å². The maximum Gasteiger partial charge on any atom is 0.269 e. The van der Waals surface area contributed by atoms with Crippen molar-refractivity contribution < 1.29 is 9.72 Å². The normalized spacial score (nSPS) is 15.8. The first-order chi connectivity index (χ1) is 13.6. The predicted octanol–water partition coefficient (Wildman–Crippen LogP) is 5.36. The highest BCUT2D eigenvalue weighted by Gasteiger charge is 2.33. The summed E-state index contributed by atoms with van der Waals surface area (Å²) >= 11 is 3.99. The highest BCUT2D eigenvalue weighted by molar-refractivity contribution is 14.1. The van der Waals surface area contributed by atoms with Crippen LogP contribution in [-0.4, -0.2) is 15.7 Å². The Balaban J connectivity index is 1.73. The van der Waals surface area contributed by atoms with Crippen LogP contribution >= 0.6 is 33.9 Å². The number of non-ortho nitro benzene ring substituents is 1. The van der Waals surface area contributed by atoms with Crippen LogP contribution in [0, 0.1) is 10.1 Å². The Kier molecular flexibility index (Phi) is 5.31. The number of para-hydroxylation sites is 1. The maximum absolute atomic E-state index is 13.3. The van der Waals surface area contributed by atoms with E-state index in [-0.39, 0.29) is 24.3 Å². The van der Waals surface area contributed by atoms with Gasteiger partial charge in [-0.15, -0.1) is 11.3 Å². The molecule has 0 fully saturated rings. The van der Waals surface area contributed by atoms with Crippen LogP contribution in [0.4, 0.5) is 11.4 Å². The van der Waals surface area contributed by atoms with E-state index in [1.165, 1.54) is 17.0 Å². The molecule has 1 aliphatic rings. The summed E-state index contributed by atoms with van der Waals surface area (Å²) in [5.41, 5.74) is 2.15. The third-order valence-electron chi connectivity index (χ3n) is 4.58. The molecule has 1 aromatic heterocycles. The van der Waals surface area contributed by atoms with Crippen molar-refractivity contribution in [3.8, 4) is 0 Å². The number of nitrogens with one attached hydrogen (secondary N) is 1. The fraction of sp³-hybridized carbons (Fsp3) is 0.150. The highest BCUT2D eigenvalue weighted by atomic mass is 127. The molecule has 6 nitrogen and oxygen atoms in total. The summed E-state index contributed by atoms with van der Waals surface area (Å²) in [5, 5.41) is 14.6. The summed E-state index contributed by atoms with van der Waals surface area (Å²) in [6.45, 7) is 0.282. The number of hydrogen-bond donors (Lipinski definition) is 1. The lowest BCUT2D eigenvalue weighted by atomic mass is 10.1. The van der Waals surface area contributed by atoms with Gasteiger partial charge in [0.05, 0.1) is 10.5 Å². The van der Waals surface area contributed by atoms with Gasteiger partial charge in [-0.1, -0.05) is 46.9 Å². The lowest BCUT2D eigenvalue weighted by Gasteiger charge is -2.37. The Hall–Kier alpha value is -2.46. The van der Waals surface area contributed by atoms with Crippen molar-refractivity contribution >= 4 is 51.2 Å². The molecule has 1 amide bonds. The topological polar surface area (TPSA) is 75.5 Å². The minimum absolute atomic E-state index is 0.0233. The van der Waals surface area contributed by atoms with Crippen LogP contribution in [0.2, 0.25) is 0 Å². The summed E-state index contributed by atoms with van der Waals surface area (Å²) < 4.78 is 0.907. The van der Waals surface area contributed by atoms with Gasteiger partial charge in [0.15, 0.2) is 0 Å². The molecule has 0 aliphatic carbocycles. The van der Waals surface area contributed by atoms with Crippen LogP contribution in [0.3, 0.4) is 0 Å². The summed E-state index contributed by atoms with van der Waals surface area (Å²) in [7, 11) is 0. The van der Waals surface area contributed by atoms with Crippen LogP contribution in [0.25, 0.3) is 0 Å². The van der Waals surface area contributed by atoms with Crippen LogP contribution in [0.1, 0.15) is 31.8 Å². The number of carbonyl (C=O) groups is 1. The summed E-state index contributed by atoms with van der Waals surface area (Å²) in [4.78, 5) is 28.0. The molecule has 2 heterocycles. The van der Waals surface area contributed by atoms with Gasteiger partial charge in [0.2, 0.25) is 0 Å². The molecule has 0 radical (unpaired) electrons. The minimum Gasteiger partial charge on any atom is -0.360 e. The molecule has 2 aromatic carbocycles. The molecule has 142 valence electrons. The number of benzene rings is 2. The second kappa shape index (κ2) is 7.88. The van der Waals surface area contributed by atoms with Crippen LogP contribution in [0.15, 0.2) is 60.7 Å². The van der Waals surface area contributed by atoms with E-state index >= 15 is 0 Å². The van der Waals surface area contributed by atoms with Gasteiger partial charge in [-0.05, 0) is 29.8 Å². The molecule has 1 unspecified atom stereocenters. The van der Waals surface area contributed by atoms with Crippen molar-refractivity contribution in [2.45, 2.75) is 17.1 Å². The van der Waals surface area contributed by atoms with Crippen molar-refractivity contribution in [2.75, 3.05) is 5.32 Å². The van der Waals surface area contributed by atoms with E-state index in [1.807, 2.05) is 30.3 Å². The Bertz CT molecular complexity index is 1050. The van der Waals surface area contributed by atoms with Gasteiger partial charge in [-0.25, -0.2) is 0 Å². The molecule has 3 aromatic rings. The molecular weight excluding hydrogens is 489 g/mol. The van der Waals surface area contributed by atoms with Crippen LogP contribution in [-0.2, 0) is 11.0 Å². The number of amides is 1. The van der Waals surface area contributed by atoms with E-state index in [9.17, 15) is 14.9 Å². The molecular formula is C20H16IN3O3S. The zero-order valence-corrected chi connectivity index (χ0v) is 17.6. The molecule has 4 rings (SSSR count). The number of rotatable bonds is 5. The van der Waals surface area contributed by atoms with E-state index < -0.39 is 4.92 Å². The number of nitrogens with zero attached hydrogens (tertiary/aromatic N) is 2. The van der Waals surface area contributed by atoms with Gasteiger partial charge in [0.1, 0.15) is 6.17 Å². The molecule has 0 spiro atoms. The smallest absolute Gasteiger partial charge is 0.269 e. The largest absolute Gasteiger partial charge is 0.360 e. The number of nitro groups is 1. The number of nitro benzene ring substituents is 1. The summed E-state index contributed by atoms with van der Waals surface area (Å²) in [6, 6.07) is 18.0. The molecule has 0 saturated heterocycles. The Morgan fingerprint density at radius 2 is 1.96 bits per heavy atom. The average Bonchev–Trinajstić information content (AvgIpc) is 3.19. The number of anilines is 1. The Morgan fingerprint density at radius 3 is 2.71 bits per heavy atom. The molecule has 8 heteroatoms. The molecule has 0 bridgehead atoms. The number of fused-ring (bicyclic) bond motifs is 1. The zero-order valence-electron chi connectivity index (χ0n) is 14.7. The number of thiophene rings is 1. The third kappa shape index (κ3) is 3.61. The monoisotopic (exact) mass is 505 g/mol. The molecule has 0 saturated carbocycles. The molecule has 1 N–H and O–H groups in total. The number of hydrogen-bond acceptors (Lipinski definition) is 5. The first-order valence-corrected chi connectivity index (χ1v) is 11.0. The maximum atomic E-state index is 13.3. The van der Waals surface area contributed by atoms with E-state index in [0.717, 1.165) is 20.6 Å². The minimum atomic E-state index is -0.418. The molecule has 1 atom stereocenters. The van der Waals surface area contributed by atoms with Crippen LogP contribution < -0.4 is 5.32 Å². The van der Waals surface area contributed by atoms with Crippen molar-refractivity contribution in [3.63, 3.8) is 0 Å².